The molecule has 2 heterocycles. The van der Waals surface area contributed by atoms with E-state index in [0.717, 1.165) is 52.7 Å². The number of piperidine rings is 1. The van der Waals surface area contributed by atoms with E-state index in [1.165, 1.54) is 60.7 Å². The standard InChI is InChI=1S/C37H46N8O9/c1-23(46)44(50)33(38)25-7-11-29(12-8-25)52-31-21-27(22-32(42-31)53-30-13-9-26(10-14-30)34(39)45(51)24(2)47)35(48)41-28-15-19-43(20-16-28)18-6-17-40-36(49)54-37(3,4)5/h7-14,21-22,28,38-39,50-51H,6,15-20H2,1-5H3,(H,40,49)(H,41,48). The van der Waals surface area contributed by atoms with Crippen molar-refractivity contribution in [2.45, 2.75) is 65.5 Å². The van der Waals surface area contributed by atoms with Gasteiger partial charge in [-0.1, -0.05) is 0 Å². The van der Waals surface area contributed by atoms with Crippen LogP contribution in [0.15, 0.2) is 60.7 Å². The lowest BCUT2D eigenvalue weighted by Gasteiger charge is -2.32. The van der Waals surface area contributed by atoms with Crippen LogP contribution in [0, 0.1) is 10.8 Å². The summed E-state index contributed by atoms with van der Waals surface area (Å²) >= 11 is 0. The number of benzene rings is 2. The fourth-order valence-corrected chi connectivity index (χ4v) is 5.26. The van der Waals surface area contributed by atoms with Crippen LogP contribution >= 0.6 is 0 Å². The van der Waals surface area contributed by atoms with Crippen LogP contribution in [0.3, 0.4) is 0 Å². The summed E-state index contributed by atoms with van der Waals surface area (Å²) in [7, 11) is 0. The number of amides is 4. The maximum atomic E-state index is 13.6. The summed E-state index contributed by atoms with van der Waals surface area (Å²) in [6.07, 6.45) is 1.75. The number of hydroxylamine groups is 4. The summed E-state index contributed by atoms with van der Waals surface area (Å²) in [6, 6.07) is 14.7. The Kier molecular flexibility index (Phi) is 13.8. The number of carbonyl (C=O) groups is 4. The first-order valence-corrected chi connectivity index (χ1v) is 17.2. The molecule has 1 aliphatic heterocycles. The minimum Gasteiger partial charge on any atom is -0.444 e. The van der Waals surface area contributed by atoms with Crippen molar-refractivity contribution in [3.8, 4) is 23.3 Å². The SMILES string of the molecule is CC(=O)N(O)C(=N)c1ccc(Oc2cc(C(=O)NC3CCN(CCCNC(=O)OC(C)(C)C)CC3)cc(Oc3ccc(C(=N)N(O)C(C)=O)cc3)n2)cc1. The van der Waals surface area contributed by atoms with E-state index in [1.54, 1.807) is 0 Å². The van der Waals surface area contributed by atoms with E-state index in [2.05, 4.69) is 20.5 Å². The second-order valence-corrected chi connectivity index (χ2v) is 13.5. The number of hydrogen-bond acceptors (Lipinski definition) is 13. The number of likely N-dealkylation sites (tertiary alicyclic amines) is 1. The molecular formula is C37H46N8O9. The van der Waals surface area contributed by atoms with Crippen LogP contribution < -0.4 is 20.1 Å². The Morgan fingerprint density at radius 3 is 1.70 bits per heavy atom. The predicted octanol–water partition coefficient (Wildman–Crippen LogP) is 4.90. The summed E-state index contributed by atoms with van der Waals surface area (Å²) in [4.78, 5) is 55.1. The lowest BCUT2D eigenvalue weighted by atomic mass is 10.0. The Labute approximate surface area is 312 Å². The summed E-state index contributed by atoms with van der Waals surface area (Å²) in [5, 5.41) is 41.9. The summed E-state index contributed by atoms with van der Waals surface area (Å²) in [5.74, 6) is -2.07. The van der Waals surface area contributed by atoms with Gasteiger partial charge in [0.1, 0.15) is 17.1 Å². The van der Waals surface area contributed by atoms with E-state index >= 15 is 0 Å². The Bertz CT molecular complexity index is 1740. The van der Waals surface area contributed by atoms with Gasteiger partial charge in [0.05, 0.1) is 5.56 Å². The highest BCUT2D eigenvalue weighted by Gasteiger charge is 2.23. The third-order valence-electron chi connectivity index (χ3n) is 8.00. The molecule has 1 fully saturated rings. The number of aromatic nitrogens is 1. The van der Waals surface area contributed by atoms with E-state index in [-0.39, 0.29) is 62.0 Å². The van der Waals surface area contributed by atoms with Gasteiger partial charge in [-0.3, -0.25) is 35.6 Å². The van der Waals surface area contributed by atoms with Crippen molar-refractivity contribution in [3.63, 3.8) is 0 Å². The van der Waals surface area contributed by atoms with Crippen molar-refractivity contribution >= 4 is 35.5 Å². The van der Waals surface area contributed by atoms with Crippen LogP contribution in [0.2, 0.25) is 0 Å². The molecule has 17 nitrogen and oxygen atoms in total. The molecule has 0 atom stereocenters. The molecule has 3 aromatic rings. The first-order valence-electron chi connectivity index (χ1n) is 17.2. The molecule has 17 heteroatoms. The van der Waals surface area contributed by atoms with Gasteiger partial charge in [0, 0.05) is 62.8 Å². The topological polar surface area (TPSA) is 231 Å². The first kappa shape index (κ1) is 40.9. The van der Waals surface area contributed by atoms with Crippen LogP contribution in [0.25, 0.3) is 0 Å². The van der Waals surface area contributed by atoms with E-state index in [0.29, 0.717) is 6.54 Å². The molecule has 1 aliphatic rings. The van der Waals surface area contributed by atoms with Crippen LogP contribution in [0.4, 0.5) is 4.79 Å². The lowest BCUT2D eigenvalue weighted by molar-refractivity contribution is -0.147. The molecule has 6 N–H and O–H groups in total. The van der Waals surface area contributed by atoms with Crippen molar-refractivity contribution in [2.24, 2.45) is 0 Å². The largest absolute Gasteiger partial charge is 0.444 e. The van der Waals surface area contributed by atoms with Crippen molar-refractivity contribution in [3.05, 3.63) is 77.4 Å². The number of alkyl carbamates (subject to hydrolysis) is 1. The van der Waals surface area contributed by atoms with Gasteiger partial charge >= 0.3 is 6.09 Å². The molecule has 0 unspecified atom stereocenters. The second kappa shape index (κ2) is 18.2. The van der Waals surface area contributed by atoms with Gasteiger partial charge in [-0.2, -0.15) is 15.1 Å². The van der Waals surface area contributed by atoms with E-state index in [9.17, 15) is 29.6 Å². The minimum atomic E-state index is -0.721. The number of carbonyl (C=O) groups excluding carboxylic acids is 4. The summed E-state index contributed by atoms with van der Waals surface area (Å²) < 4.78 is 17.2. The van der Waals surface area contributed by atoms with Crippen molar-refractivity contribution in [2.75, 3.05) is 26.2 Å². The van der Waals surface area contributed by atoms with Crippen molar-refractivity contribution < 1.29 is 43.8 Å². The predicted molar refractivity (Wildman–Crippen MR) is 195 cm³/mol. The molecule has 0 saturated carbocycles. The van der Waals surface area contributed by atoms with Crippen LogP contribution in [-0.4, -0.2) is 104 Å². The summed E-state index contributed by atoms with van der Waals surface area (Å²) in [5.41, 5.74) is 0.145. The highest BCUT2D eigenvalue weighted by Crippen LogP contribution is 2.28. The number of ether oxygens (including phenoxy) is 3. The Morgan fingerprint density at radius 1 is 0.815 bits per heavy atom. The average molecular weight is 747 g/mol. The zero-order chi connectivity index (χ0) is 39.6. The Morgan fingerprint density at radius 2 is 1.28 bits per heavy atom. The monoisotopic (exact) mass is 746 g/mol. The molecule has 0 aliphatic carbocycles. The molecule has 54 heavy (non-hydrogen) atoms. The molecule has 1 saturated heterocycles. The van der Waals surface area contributed by atoms with E-state index in [4.69, 9.17) is 25.0 Å². The first-order chi connectivity index (χ1) is 25.5. The summed E-state index contributed by atoms with van der Waals surface area (Å²) in [6.45, 7) is 10.5. The smallest absolute Gasteiger partial charge is 0.407 e. The van der Waals surface area contributed by atoms with Gasteiger partial charge in [0.15, 0.2) is 11.7 Å². The third kappa shape index (κ3) is 12.1. The zero-order valence-electron chi connectivity index (χ0n) is 30.8. The normalized spacial score (nSPS) is 13.3. The van der Waals surface area contributed by atoms with Crippen LogP contribution in [0.1, 0.15) is 75.4 Å². The molecular weight excluding hydrogens is 700 g/mol. The van der Waals surface area contributed by atoms with Gasteiger partial charge in [-0.15, -0.1) is 0 Å². The molecule has 0 radical (unpaired) electrons. The molecule has 4 rings (SSSR count). The second-order valence-electron chi connectivity index (χ2n) is 13.5. The number of hydrogen-bond donors (Lipinski definition) is 6. The molecule has 4 amide bonds. The van der Waals surface area contributed by atoms with Crippen molar-refractivity contribution in [1.29, 1.82) is 10.8 Å². The third-order valence-corrected chi connectivity index (χ3v) is 8.00. The quantitative estimate of drug-likeness (QED) is 0.0480. The van der Waals surface area contributed by atoms with Gasteiger partial charge in [0.25, 0.3) is 5.91 Å². The Hall–Kier alpha value is -5.91. The Balaban J connectivity index is 1.44. The number of nitrogens with one attached hydrogen (secondary N) is 4. The van der Waals surface area contributed by atoms with Crippen LogP contribution in [-0.2, 0) is 14.3 Å². The van der Waals surface area contributed by atoms with Gasteiger partial charge < -0.3 is 29.7 Å². The van der Waals surface area contributed by atoms with Gasteiger partial charge in [-0.05, 0) is 95.1 Å². The number of nitrogens with zero attached hydrogens (tertiary/aromatic N) is 4. The molecule has 288 valence electrons. The highest BCUT2D eigenvalue weighted by atomic mass is 16.6. The van der Waals surface area contributed by atoms with Gasteiger partial charge in [-0.25, -0.2) is 4.79 Å². The number of rotatable bonds is 12. The highest BCUT2D eigenvalue weighted by molar-refractivity contribution is 6.05. The molecule has 0 spiro atoms. The minimum absolute atomic E-state index is 0.0126. The number of amidine groups is 2. The fourth-order valence-electron chi connectivity index (χ4n) is 5.26. The maximum Gasteiger partial charge on any atom is 0.407 e. The average Bonchev–Trinajstić information content (AvgIpc) is 3.12. The van der Waals surface area contributed by atoms with Crippen LogP contribution in [0.5, 0.6) is 23.3 Å². The van der Waals surface area contributed by atoms with E-state index < -0.39 is 35.2 Å². The lowest BCUT2D eigenvalue weighted by Crippen LogP contribution is -2.45. The van der Waals surface area contributed by atoms with E-state index in [1.807, 2.05) is 20.8 Å². The fraction of sp³-hybridized carbons (Fsp3) is 0.378. The molecule has 0 bridgehead atoms. The zero-order valence-corrected chi connectivity index (χ0v) is 30.8. The maximum absolute atomic E-state index is 13.6. The molecule has 2 aromatic carbocycles. The number of pyridine rings is 1. The van der Waals surface area contributed by atoms with Crippen molar-refractivity contribution in [1.82, 2.24) is 30.6 Å². The van der Waals surface area contributed by atoms with Gasteiger partial charge in [0.2, 0.25) is 23.6 Å². The molecule has 1 aromatic heterocycles.